The molecule has 2 aromatic heterocycles. The van der Waals surface area contributed by atoms with Gasteiger partial charge in [0.2, 0.25) is 0 Å². The highest BCUT2D eigenvalue weighted by Crippen LogP contribution is 2.20. The molecular formula is C15H20N4. The smallest absolute Gasteiger partial charge is 0.125 e. The van der Waals surface area contributed by atoms with Crippen molar-refractivity contribution in [2.24, 2.45) is 0 Å². The Labute approximate surface area is 113 Å². The fraction of sp³-hybridized carbons (Fsp3) is 0.467. The van der Waals surface area contributed by atoms with Crippen LogP contribution in [0, 0.1) is 0 Å². The highest BCUT2D eigenvalue weighted by atomic mass is 15.1. The Balaban J connectivity index is 1.75. The molecule has 4 heteroatoms. The van der Waals surface area contributed by atoms with Crippen LogP contribution in [0.4, 0.5) is 5.82 Å². The maximum atomic E-state index is 4.53. The second-order valence-corrected chi connectivity index (χ2v) is 5.05. The molecule has 1 aliphatic carbocycles. The summed E-state index contributed by atoms with van der Waals surface area (Å²) in [5.41, 5.74) is 3.94. The minimum atomic E-state index is 0.877. The molecule has 19 heavy (non-hydrogen) atoms. The van der Waals surface area contributed by atoms with Crippen LogP contribution in [0.3, 0.4) is 0 Å². The molecular weight excluding hydrogens is 236 g/mol. The van der Waals surface area contributed by atoms with Crippen LogP contribution in [0.15, 0.2) is 24.7 Å². The molecule has 0 saturated carbocycles. The van der Waals surface area contributed by atoms with Gasteiger partial charge in [-0.3, -0.25) is 0 Å². The van der Waals surface area contributed by atoms with Crippen molar-refractivity contribution in [3.05, 3.63) is 41.6 Å². The highest BCUT2D eigenvalue weighted by molar-refractivity contribution is 5.35. The first-order valence-electron chi connectivity index (χ1n) is 7.08. The Hall–Kier alpha value is -1.84. The second kappa shape index (κ2) is 5.43. The number of nitrogens with one attached hydrogen (secondary N) is 1. The van der Waals surface area contributed by atoms with Gasteiger partial charge in [0.25, 0.3) is 0 Å². The average Bonchev–Trinajstić information content (AvgIpc) is 2.85. The van der Waals surface area contributed by atoms with Gasteiger partial charge in [0.1, 0.15) is 5.82 Å². The largest absolute Gasteiger partial charge is 0.370 e. The van der Waals surface area contributed by atoms with Gasteiger partial charge in [-0.05, 0) is 44.2 Å². The second-order valence-electron chi connectivity index (χ2n) is 5.05. The number of imidazole rings is 1. The average molecular weight is 256 g/mol. The number of anilines is 1. The quantitative estimate of drug-likeness (QED) is 0.914. The lowest BCUT2D eigenvalue weighted by Gasteiger charge is -2.14. The molecule has 0 fully saturated rings. The number of rotatable bonds is 4. The maximum absolute atomic E-state index is 4.53. The van der Waals surface area contributed by atoms with Crippen LogP contribution in [-0.4, -0.2) is 21.1 Å². The molecule has 3 rings (SSSR count). The van der Waals surface area contributed by atoms with Crippen LogP contribution in [0.2, 0.25) is 0 Å². The van der Waals surface area contributed by atoms with Crippen molar-refractivity contribution in [2.75, 3.05) is 11.9 Å². The summed E-state index contributed by atoms with van der Waals surface area (Å²) in [5, 5.41) is 3.21. The lowest BCUT2D eigenvalue weighted by Crippen LogP contribution is -2.09. The molecule has 0 unspecified atom stereocenters. The Kier molecular flexibility index (Phi) is 3.49. The van der Waals surface area contributed by atoms with E-state index in [0.29, 0.717) is 0 Å². The molecule has 0 aliphatic heterocycles. The summed E-state index contributed by atoms with van der Waals surface area (Å²) in [6.07, 6.45) is 8.80. The van der Waals surface area contributed by atoms with Crippen LogP contribution in [0.1, 0.15) is 36.7 Å². The van der Waals surface area contributed by atoms with E-state index in [1.54, 1.807) is 0 Å². The van der Waals surface area contributed by atoms with Crippen LogP contribution < -0.4 is 5.32 Å². The van der Waals surface area contributed by atoms with E-state index < -0.39 is 0 Å². The van der Waals surface area contributed by atoms with E-state index in [1.165, 1.54) is 29.8 Å². The molecule has 100 valence electrons. The Morgan fingerprint density at radius 1 is 1.21 bits per heavy atom. The van der Waals surface area contributed by atoms with E-state index in [9.17, 15) is 0 Å². The maximum Gasteiger partial charge on any atom is 0.125 e. The van der Waals surface area contributed by atoms with Gasteiger partial charge in [0.15, 0.2) is 0 Å². The van der Waals surface area contributed by atoms with Crippen molar-refractivity contribution in [3.63, 3.8) is 0 Å². The normalized spacial score (nSPS) is 14.2. The molecule has 0 radical (unpaired) electrons. The van der Waals surface area contributed by atoms with Crippen molar-refractivity contribution >= 4 is 5.82 Å². The van der Waals surface area contributed by atoms with E-state index in [-0.39, 0.29) is 0 Å². The standard InChI is InChI=1S/C15H20N4/c1-2-16-15-8-7-12(9-17-15)10-19-11-18-13-5-3-4-6-14(13)19/h7-9,11H,2-6,10H2,1H3,(H,16,17). The van der Waals surface area contributed by atoms with Gasteiger partial charge in [-0.2, -0.15) is 0 Å². The first-order chi connectivity index (χ1) is 9.36. The molecule has 0 saturated heterocycles. The number of hydrogen-bond acceptors (Lipinski definition) is 3. The molecule has 0 atom stereocenters. The topological polar surface area (TPSA) is 42.7 Å². The van der Waals surface area contributed by atoms with Crippen molar-refractivity contribution in [2.45, 2.75) is 39.2 Å². The summed E-state index contributed by atoms with van der Waals surface area (Å²) in [4.78, 5) is 8.95. The number of pyridine rings is 1. The Morgan fingerprint density at radius 2 is 2.11 bits per heavy atom. The predicted octanol–water partition coefficient (Wildman–Crippen LogP) is 2.64. The zero-order valence-electron chi connectivity index (χ0n) is 11.4. The van der Waals surface area contributed by atoms with Crippen LogP contribution in [-0.2, 0) is 19.4 Å². The lowest BCUT2D eigenvalue weighted by molar-refractivity contribution is 0.628. The van der Waals surface area contributed by atoms with E-state index >= 15 is 0 Å². The summed E-state index contributed by atoms with van der Waals surface area (Å²) in [5.74, 6) is 0.943. The third-order valence-electron chi connectivity index (χ3n) is 3.65. The Morgan fingerprint density at radius 3 is 2.89 bits per heavy atom. The van der Waals surface area contributed by atoms with Crippen molar-refractivity contribution < 1.29 is 0 Å². The van der Waals surface area contributed by atoms with Crippen LogP contribution >= 0.6 is 0 Å². The molecule has 0 bridgehead atoms. The van der Waals surface area contributed by atoms with Crippen LogP contribution in [0.5, 0.6) is 0 Å². The van der Waals surface area contributed by atoms with E-state index in [1.807, 2.05) is 18.6 Å². The molecule has 0 aromatic carbocycles. The zero-order chi connectivity index (χ0) is 13.1. The minimum Gasteiger partial charge on any atom is -0.370 e. The third-order valence-corrected chi connectivity index (χ3v) is 3.65. The van der Waals surface area contributed by atoms with Crippen molar-refractivity contribution in [1.29, 1.82) is 0 Å². The van der Waals surface area contributed by atoms with Gasteiger partial charge in [-0.25, -0.2) is 9.97 Å². The van der Waals surface area contributed by atoms with Gasteiger partial charge in [0.05, 0.1) is 18.6 Å². The number of aromatic nitrogens is 3. The summed E-state index contributed by atoms with van der Waals surface area (Å²) in [6.45, 7) is 3.86. The number of nitrogens with zero attached hydrogens (tertiary/aromatic N) is 3. The summed E-state index contributed by atoms with van der Waals surface area (Å²) in [6, 6.07) is 4.18. The lowest BCUT2D eigenvalue weighted by atomic mass is 10.0. The highest BCUT2D eigenvalue weighted by Gasteiger charge is 2.15. The number of aryl methyl sites for hydroxylation is 1. The number of hydrogen-bond donors (Lipinski definition) is 1. The molecule has 1 N–H and O–H groups in total. The van der Waals surface area contributed by atoms with E-state index in [0.717, 1.165) is 31.7 Å². The molecule has 1 aliphatic rings. The molecule has 2 heterocycles. The summed E-state index contributed by atoms with van der Waals surface area (Å²) >= 11 is 0. The molecule has 0 spiro atoms. The van der Waals surface area contributed by atoms with E-state index in [4.69, 9.17) is 0 Å². The van der Waals surface area contributed by atoms with Gasteiger partial charge >= 0.3 is 0 Å². The molecule has 0 amide bonds. The van der Waals surface area contributed by atoms with Crippen LogP contribution in [0.25, 0.3) is 0 Å². The van der Waals surface area contributed by atoms with Crippen molar-refractivity contribution in [1.82, 2.24) is 14.5 Å². The Bertz CT molecular complexity index is 542. The third kappa shape index (κ3) is 2.62. The van der Waals surface area contributed by atoms with Crippen molar-refractivity contribution in [3.8, 4) is 0 Å². The summed E-state index contributed by atoms with van der Waals surface area (Å²) in [7, 11) is 0. The summed E-state index contributed by atoms with van der Waals surface area (Å²) < 4.78 is 2.28. The van der Waals surface area contributed by atoms with Gasteiger partial charge < -0.3 is 9.88 Å². The van der Waals surface area contributed by atoms with Gasteiger partial charge in [-0.1, -0.05) is 6.07 Å². The number of fused-ring (bicyclic) bond motifs is 1. The zero-order valence-corrected chi connectivity index (χ0v) is 11.4. The predicted molar refractivity (Wildman–Crippen MR) is 76.4 cm³/mol. The van der Waals surface area contributed by atoms with Gasteiger partial charge in [0, 0.05) is 18.4 Å². The fourth-order valence-corrected chi connectivity index (χ4v) is 2.67. The minimum absolute atomic E-state index is 0.877. The first kappa shape index (κ1) is 12.2. The van der Waals surface area contributed by atoms with Gasteiger partial charge in [-0.15, -0.1) is 0 Å². The van der Waals surface area contributed by atoms with E-state index in [2.05, 4.69) is 32.8 Å². The molecule has 4 nitrogen and oxygen atoms in total. The fourth-order valence-electron chi connectivity index (χ4n) is 2.67. The SMILES string of the molecule is CCNc1ccc(Cn2cnc3c2CCCC3)cn1. The molecule has 2 aromatic rings. The monoisotopic (exact) mass is 256 g/mol. The first-order valence-corrected chi connectivity index (χ1v) is 7.08.